The van der Waals surface area contributed by atoms with E-state index in [9.17, 15) is 24.9 Å². The molecule has 10 nitrogen and oxygen atoms in total. The van der Waals surface area contributed by atoms with Crippen molar-refractivity contribution in [3.8, 4) is 11.5 Å². The highest BCUT2D eigenvalue weighted by Gasteiger charge is 2.48. The lowest BCUT2D eigenvalue weighted by molar-refractivity contribution is -0.170. The van der Waals surface area contributed by atoms with E-state index in [0.717, 1.165) is 56.4 Å². The van der Waals surface area contributed by atoms with Gasteiger partial charge >= 0.3 is 5.97 Å². The van der Waals surface area contributed by atoms with E-state index in [4.69, 9.17) is 9.47 Å². The van der Waals surface area contributed by atoms with Crippen molar-refractivity contribution in [2.45, 2.75) is 62.4 Å². The second kappa shape index (κ2) is 17.0. The molecule has 0 saturated heterocycles. The lowest BCUT2D eigenvalue weighted by Gasteiger charge is -2.38. The number of aromatic hydroxyl groups is 1. The van der Waals surface area contributed by atoms with Crippen molar-refractivity contribution in [3.63, 3.8) is 0 Å². The Morgan fingerprint density at radius 1 is 1.00 bits per heavy atom. The monoisotopic (exact) mass is 731 g/mol. The first-order valence-corrected chi connectivity index (χ1v) is 19.2. The molecule has 6 rings (SSSR count). The van der Waals surface area contributed by atoms with Crippen LogP contribution in [0.2, 0.25) is 0 Å². The number of fused-ring (bicyclic) bond motifs is 1. The predicted molar refractivity (Wildman–Crippen MR) is 201 cm³/mol. The van der Waals surface area contributed by atoms with E-state index in [0.29, 0.717) is 52.0 Å². The number of phenolic OH excluding ortho intramolecular Hbond substituents is 1. The van der Waals surface area contributed by atoms with Gasteiger partial charge in [-0.3, -0.25) is 4.79 Å². The number of nitrogens with zero attached hydrogens (tertiary/aromatic N) is 1. The number of aliphatic hydroxyl groups excluding tert-OH is 1. The Labute approximate surface area is 305 Å². The number of thiophene rings is 2. The van der Waals surface area contributed by atoms with Gasteiger partial charge in [-0.15, -0.1) is 22.7 Å². The molecule has 270 valence electrons. The Bertz CT molecular complexity index is 1870. The fourth-order valence-corrected chi connectivity index (χ4v) is 8.69. The number of aromatic nitrogens is 1. The van der Waals surface area contributed by atoms with Crippen LogP contribution in [0, 0.1) is 0 Å². The smallest absolute Gasteiger partial charge is 0.347 e. The van der Waals surface area contributed by atoms with E-state index in [1.807, 2.05) is 47.2 Å². The lowest BCUT2D eigenvalue weighted by atomic mass is 9.90. The number of hydrogen-bond acceptors (Lipinski definition) is 10. The number of H-pyrrole nitrogens is 1. The molecule has 1 fully saturated rings. The van der Waals surface area contributed by atoms with E-state index >= 15 is 0 Å². The number of nitrogens with one attached hydrogen (secondary N) is 2. The van der Waals surface area contributed by atoms with Gasteiger partial charge in [0.2, 0.25) is 11.2 Å². The van der Waals surface area contributed by atoms with Crippen molar-refractivity contribution >= 4 is 39.5 Å². The SMILES string of the molecule is CN(CCCOc1ccc(CCNC[C@H](O)c2ccc(O)c3[nH]c(=O)ccc23)cc1)C1CCC(OC(C(=O)O)(c2cccs2)c2cccs2)CC1. The van der Waals surface area contributed by atoms with Crippen LogP contribution in [0.25, 0.3) is 10.9 Å². The number of carbonyl (C=O) groups is 1. The molecule has 12 heteroatoms. The third-order valence-corrected chi connectivity index (χ3v) is 11.6. The summed E-state index contributed by atoms with van der Waals surface area (Å²) in [4.78, 5) is 30.8. The molecule has 1 aliphatic carbocycles. The van der Waals surface area contributed by atoms with Crippen LogP contribution in [0.5, 0.6) is 11.5 Å². The summed E-state index contributed by atoms with van der Waals surface area (Å²) in [5.41, 5.74) is 0.349. The molecule has 2 aromatic carbocycles. The van der Waals surface area contributed by atoms with Crippen molar-refractivity contribution in [2.24, 2.45) is 0 Å². The summed E-state index contributed by atoms with van der Waals surface area (Å²) in [6.07, 6.45) is 4.31. The van der Waals surface area contributed by atoms with Gasteiger partial charge < -0.3 is 40.0 Å². The van der Waals surface area contributed by atoms with Crippen molar-refractivity contribution in [1.82, 2.24) is 15.2 Å². The molecule has 0 spiro atoms. The highest BCUT2D eigenvalue weighted by atomic mass is 32.1. The molecule has 1 aliphatic rings. The average Bonchev–Trinajstić information content (AvgIpc) is 3.88. The van der Waals surface area contributed by atoms with Gasteiger partial charge in [0.05, 0.1) is 34.1 Å². The van der Waals surface area contributed by atoms with E-state index in [1.54, 1.807) is 12.1 Å². The van der Waals surface area contributed by atoms with E-state index < -0.39 is 17.7 Å². The molecule has 51 heavy (non-hydrogen) atoms. The number of hydrogen-bond donors (Lipinski definition) is 5. The summed E-state index contributed by atoms with van der Waals surface area (Å²) < 4.78 is 12.6. The van der Waals surface area contributed by atoms with Crippen LogP contribution in [0.3, 0.4) is 0 Å². The van der Waals surface area contributed by atoms with Gasteiger partial charge in [0.1, 0.15) is 11.5 Å². The number of pyridine rings is 1. The molecule has 5 N–H and O–H groups in total. The minimum Gasteiger partial charge on any atom is -0.506 e. The van der Waals surface area contributed by atoms with Crippen LogP contribution in [-0.4, -0.2) is 76.6 Å². The van der Waals surface area contributed by atoms with Crippen LogP contribution < -0.4 is 15.6 Å². The minimum atomic E-state index is -1.46. The first kappa shape index (κ1) is 36.7. The normalized spacial score (nSPS) is 17.2. The Morgan fingerprint density at radius 2 is 1.71 bits per heavy atom. The first-order chi connectivity index (χ1) is 24.7. The second-order valence-electron chi connectivity index (χ2n) is 13.1. The Morgan fingerprint density at radius 3 is 2.35 bits per heavy atom. The van der Waals surface area contributed by atoms with Gasteiger partial charge in [-0.05, 0) is 110 Å². The van der Waals surface area contributed by atoms with E-state index in [1.165, 1.54) is 34.8 Å². The summed E-state index contributed by atoms with van der Waals surface area (Å²) in [5.74, 6) is -0.162. The molecule has 5 aromatic rings. The molecule has 1 saturated carbocycles. The number of carboxylic acid groups (broad SMARTS) is 1. The zero-order valence-electron chi connectivity index (χ0n) is 28.6. The van der Waals surface area contributed by atoms with Crippen molar-refractivity contribution in [2.75, 3.05) is 33.3 Å². The number of ether oxygens (including phenoxy) is 2. The minimum absolute atomic E-state index is 0.0285. The summed E-state index contributed by atoms with van der Waals surface area (Å²) in [6.45, 7) is 2.53. The highest BCUT2D eigenvalue weighted by molar-refractivity contribution is 7.12. The Hall–Kier alpha value is -4.04. The number of benzene rings is 2. The van der Waals surface area contributed by atoms with Gasteiger partial charge in [-0.1, -0.05) is 30.3 Å². The quantitative estimate of drug-likeness (QED) is 0.0699. The van der Waals surface area contributed by atoms with Crippen molar-refractivity contribution in [1.29, 1.82) is 0 Å². The van der Waals surface area contributed by atoms with E-state index in [2.05, 4.69) is 34.4 Å². The summed E-state index contributed by atoms with van der Waals surface area (Å²) in [5, 5.41) is 39.0. The molecule has 0 unspecified atom stereocenters. The van der Waals surface area contributed by atoms with Crippen LogP contribution >= 0.6 is 22.7 Å². The summed E-state index contributed by atoms with van der Waals surface area (Å²) in [7, 11) is 2.15. The average molecular weight is 732 g/mol. The molecule has 1 atom stereocenters. The molecular formula is C39H45N3O7S2. The fraction of sp³-hybridized carbons (Fsp3) is 0.385. The zero-order valence-corrected chi connectivity index (χ0v) is 30.3. The van der Waals surface area contributed by atoms with Gasteiger partial charge in [0.25, 0.3) is 0 Å². The predicted octanol–water partition coefficient (Wildman–Crippen LogP) is 6.28. The molecule has 0 aliphatic heterocycles. The summed E-state index contributed by atoms with van der Waals surface area (Å²) in [6, 6.07) is 22.1. The molecule has 0 radical (unpaired) electrons. The van der Waals surface area contributed by atoms with Crippen LogP contribution in [0.1, 0.15) is 59.1 Å². The maximum atomic E-state index is 12.7. The zero-order chi connectivity index (χ0) is 35.8. The maximum absolute atomic E-state index is 12.7. The lowest BCUT2D eigenvalue weighted by Crippen LogP contribution is -2.44. The number of rotatable bonds is 17. The third kappa shape index (κ3) is 8.71. The van der Waals surface area contributed by atoms with Gasteiger partial charge in [-0.25, -0.2) is 4.79 Å². The van der Waals surface area contributed by atoms with Crippen LogP contribution in [-0.2, 0) is 21.6 Å². The van der Waals surface area contributed by atoms with Crippen LogP contribution in [0.4, 0.5) is 0 Å². The second-order valence-corrected chi connectivity index (χ2v) is 15.0. The number of phenols is 1. The first-order valence-electron chi connectivity index (χ1n) is 17.4. The fourth-order valence-electron chi connectivity index (χ4n) is 6.88. The molecular weight excluding hydrogens is 687 g/mol. The molecule has 0 amide bonds. The maximum Gasteiger partial charge on any atom is 0.347 e. The number of carboxylic acids is 1. The Balaban J connectivity index is 0.888. The standard InChI is InChI=1S/C39H45N3O7S2/c1-42(27-9-13-29(14-10-27)49-39(38(46)47,34-5-2-23-50-34)35-6-3-24-51-35)21-4-22-48-28-11-7-26(8-12-28)19-20-40-25-33(44)30-15-17-32(43)37-31(30)16-18-36(45)41-37/h2-3,5-8,11-12,15-18,23-24,27,29,33,40,43-44H,4,9-10,13-14,19-22,25H2,1H3,(H,41,45)(H,46,47)/t27?,29?,33-/m0/s1. The third-order valence-electron chi connectivity index (χ3n) is 9.69. The number of aliphatic hydroxyl groups is 1. The van der Waals surface area contributed by atoms with Gasteiger partial charge in [-0.2, -0.15) is 0 Å². The van der Waals surface area contributed by atoms with Crippen molar-refractivity contribution < 1.29 is 29.6 Å². The highest BCUT2D eigenvalue weighted by Crippen LogP contribution is 2.42. The number of aliphatic carboxylic acids is 1. The largest absolute Gasteiger partial charge is 0.506 e. The van der Waals surface area contributed by atoms with Crippen LogP contribution in [0.15, 0.2) is 88.4 Å². The van der Waals surface area contributed by atoms with E-state index in [-0.39, 0.29) is 17.4 Å². The van der Waals surface area contributed by atoms with Crippen molar-refractivity contribution in [3.05, 3.63) is 115 Å². The Kier molecular flexibility index (Phi) is 12.2. The topological polar surface area (TPSA) is 144 Å². The van der Waals surface area contributed by atoms with Gasteiger partial charge in [0, 0.05) is 30.6 Å². The van der Waals surface area contributed by atoms with Gasteiger partial charge in [0.15, 0.2) is 0 Å². The summed E-state index contributed by atoms with van der Waals surface area (Å²) >= 11 is 2.85. The molecule has 0 bridgehead atoms. The molecule has 3 heterocycles. The molecule has 3 aromatic heterocycles. The number of aromatic amines is 1.